The highest BCUT2D eigenvalue weighted by molar-refractivity contribution is 5.92. The number of primary amides is 1. The van der Waals surface area contributed by atoms with Gasteiger partial charge in [-0.05, 0) is 20.3 Å². The minimum absolute atomic E-state index is 0.0127. The first-order valence-corrected chi connectivity index (χ1v) is 11.7. The van der Waals surface area contributed by atoms with E-state index >= 15 is 0 Å². The van der Waals surface area contributed by atoms with Crippen molar-refractivity contribution < 1.29 is 48.8 Å². The zero-order valence-electron chi connectivity index (χ0n) is 21.1. The summed E-state index contributed by atoms with van der Waals surface area (Å²) in [7, 11) is 0. The van der Waals surface area contributed by atoms with Crippen molar-refractivity contribution in [1.82, 2.24) is 16.0 Å². The molecule has 0 bridgehead atoms. The van der Waals surface area contributed by atoms with Crippen molar-refractivity contribution in [2.24, 2.45) is 11.7 Å². The lowest BCUT2D eigenvalue weighted by atomic mass is 9.96. The smallest absolute Gasteiger partial charge is 0.249 e. The van der Waals surface area contributed by atoms with Crippen molar-refractivity contribution in [3.05, 3.63) is 0 Å². The van der Waals surface area contributed by atoms with E-state index in [0.717, 1.165) is 0 Å². The molecular formula is C22H38N4O10. The molecule has 14 heteroatoms. The highest BCUT2D eigenvalue weighted by atomic mass is 16.6. The molecule has 0 aromatic heterocycles. The lowest BCUT2D eigenvalue weighted by molar-refractivity contribution is -0.266. The lowest BCUT2D eigenvalue weighted by Gasteiger charge is -2.43. The van der Waals surface area contributed by atoms with Crippen LogP contribution in [0.25, 0.3) is 0 Å². The summed E-state index contributed by atoms with van der Waals surface area (Å²) in [6, 6.07) is -3.49. The third kappa shape index (κ3) is 9.09. The molecule has 5 unspecified atom stereocenters. The van der Waals surface area contributed by atoms with Gasteiger partial charge in [0.15, 0.2) is 6.29 Å². The zero-order valence-corrected chi connectivity index (χ0v) is 21.1. The summed E-state index contributed by atoms with van der Waals surface area (Å²) < 4.78 is 10.7. The van der Waals surface area contributed by atoms with Crippen LogP contribution in [0, 0.1) is 5.92 Å². The maximum Gasteiger partial charge on any atom is 0.249 e. The van der Waals surface area contributed by atoms with Gasteiger partial charge in [-0.2, -0.15) is 0 Å². The number of rotatable bonds is 13. The van der Waals surface area contributed by atoms with Gasteiger partial charge in [-0.3, -0.25) is 24.0 Å². The Bertz CT molecular complexity index is 808. The lowest BCUT2D eigenvalue weighted by Crippen LogP contribution is -2.65. The highest BCUT2D eigenvalue weighted by Crippen LogP contribution is 2.23. The number of carbonyl (C=O) groups is 5. The minimum Gasteiger partial charge on any atom is -0.394 e. The van der Waals surface area contributed by atoms with E-state index < -0.39 is 79.1 Å². The number of aliphatic hydroxyl groups is 3. The number of aliphatic hydroxyl groups excluding tert-OH is 3. The summed E-state index contributed by atoms with van der Waals surface area (Å²) in [6.45, 7) is 6.60. The second-order valence-electron chi connectivity index (χ2n) is 9.06. The second-order valence-corrected chi connectivity index (χ2v) is 9.06. The van der Waals surface area contributed by atoms with E-state index in [-0.39, 0.29) is 24.5 Å². The van der Waals surface area contributed by atoms with Crippen molar-refractivity contribution in [3.63, 3.8) is 0 Å². The maximum atomic E-state index is 12.6. The quantitative estimate of drug-likeness (QED) is 0.129. The molecule has 206 valence electrons. The van der Waals surface area contributed by atoms with Gasteiger partial charge >= 0.3 is 0 Å². The van der Waals surface area contributed by atoms with Crippen LogP contribution in [0.4, 0.5) is 0 Å². The monoisotopic (exact) mass is 518 g/mol. The van der Waals surface area contributed by atoms with Gasteiger partial charge in [-0.25, -0.2) is 0 Å². The molecule has 8 atom stereocenters. The van der Waals surface area contributed by atoms with Crippen LogP contribution in [0.2, 0.25) is 0 Å². The number of amides is 4. The number of ether oxygens (including phenoxy) is 2. The van der Waals surface area contributed by atoms with Gasteiger partial charge in [0.05, 0.1) is 6.61 Å². The number of hydrogen-bond donors (Lipinski definition) is 7. The van der Waals surface area contributed by atoms with Crippen LogP contribution in [-0.4, -0.2) is 100 Å². The molecule has 4 amide bonds. The zero-order chi connectivity index (χ0) is 27.7. The summed E-state index contributed by atoms with van der Waals surface area (Å²) in [4.78, 5) is 60.2. The predicted molar refractivity (Wildman–Crippen MR) is 124 cm³/mol. The third-order valence-corrected chi connectivity index (χ3v) is 5.71. The second kappa shape index (κ2) is 14.2. The Balaban J connectivity index is 2.79. The molecule has 1 aliphatic heterocycles. The fourth-order valence-electron chi connectivity index (χ4n) is 3.49. The van der Waals surface area contributed by atoms with Gasteiger partial charge in [0.2, 0.25) is 23.6 Å². The predicted octanol–water partition coefficient (Wildman–Crippen LogP) is -3.18. The number of nitrogens with two attached hydrogens (primary N) is 1. The van der Waals surface area contributed by atoms with Gasteiger partial charge in [0, 0.05) is 19.3 Å². The van der Waals surface area contributed by atoms with E-state index in [2.05, 4.69) is 16.0 Å². The van der Waals surface area contributed by atoms with Crippen molar-refractivity contribution in [1.29, 1.82) is 0 Å². The fourth-order valence-corrected chi connectivity index (χ4v) is 3.49. The average Bonchev–Trinajstić information content (AvgIpc) is 2.79. The van der Waals surface area contributed by atoms with Gasteiger partial charge in [0.1, 0.15) is 48.3 Å². The average molecular weight is 519 g/mol. The van der Waals surface area contributed by atoms with E-state index in [0.29, 0.717) is 0 Å². The van der Waals surface area contributed by atoms with Crippen molar-refractivity contribution in [2.45, 2.75) is 96.3 Å². The van der Waals surface area contributed by atoms with Crippen LogP contribution < -0.4 is 21.7 Å². The van der Waals surface area contributed by atoms with Gasteiger partial charge < -0.3 is 46.5 Å². The Labute approximate surface area is 209 Å². The van der Waals surface area contributed by atoms with Gasteiger partial charge in [-0.15, -0.1) is 0 Å². The Kier molecular flexibility index (Phi) is 12.4. The first-order valence-electron chi connectivity index (χ1n) is 11.7. The van der Waals surface area contributed by atoms with E-state index in [1.807, 2.05) is 0 Å². The first-order chi connectivity index (χ1) is 16.7. The number of hydrogen-bond acceptors (Lipinski definition) is 10. The topological polar surface area (TPSA) is 227 Å². The van der Waals surface area contributed by atoms with Crippen LogP contribution in [-0.2, 0) is 33.4 Å². The molecule has 0 aliphatic carbocycles. The molecule has 1 rings (SSSR count). The van der Waals surface area contributed by atoms with Crippen molar-refractivity contribution >= 4 is 29.4 Å². The molecule has 1 aliphatic rings. The van der Waals surface area contributed by atoms with Crippen LogP contribution >= 0.6 is 0 Å². The number of ketones is 1. The molecule has 0 aromatic rings. The molecule has 0 aromatic carbocycles. The summed E-state index contributed by atoms with van der Waals surface area (Å²) in [5.74, 6) is -3.23. The molecule has 0 radical (unpaired) electrons. The third-order valence-electron chi connectivity index (χ3n) is 5.71. The Morgan fingerprint density at radius 3 is 2.14 bits per heavy atom. The molecule has 1 heterocycles. The first kappa shape index (κ1) is 31.4. The normalized spacial score (nSPS) is 26.4. The fraction of sp³-hybridized carbons (Fsp3) is 0.773. The number of carbonyl (C=O) groups excluding carboxylic acids is 5. The SMILES string of the molecule is CC(=O)NC1C(O)OC(CO)C(O)C1O[C@H](C)C(=O)N[C@@H](C)C(=O)N[C@H](CCC(=O)C(C)C)C(N)=O. The van der Waals surface area contributed by atoms with Crippen molar-refractivity contribution in [3.8, 4) is 0 Å². The summed E-state index contributed by atoms with van der Waals surface area (Å²) >= 11 is 0. The standard InChI is InChI=1S/C22H38N4O10/c1-9(2)14(29)7-6-13(19(23)31)26-20(32)10(3)24-21(33)11(4)35-18-16(25-12(5)28)22(34)36-15(8-27)17(18)30/h9-11,13,15-18,22,27,30,34H,6-8H2,1-5H3,(H2,23,31)(H,24,33)(H,25,28)(H,26,32)/t10-,11+,13+,15?,16?,17?,18?,22?/m0/s1. The number of Topliss-reactive ketones (excluding diaryl/α,β-unsaturated/α-hetero) is 1. The van der Waals surface area contributed by atoms with Gasteiger partial charge in [-0.1, -0.05) is 13.8 Å². The molecule has 14 nitrogen and oxygen atoms in total. The van der Waals surface area contributed by atoms with E-state index in [1.54, 1.807) is 13.8 Å². The van der Waals surface area contributed by atoms with Crippen LogP contribution in [0.3, 0.4) is 0 Å². The van der Waals surface area contributed by atoms with Crippen molar-refractivity contribution in [2.75, 3.05) is 6.61 Å². The Morgan fingerprint density at radius 2 is 1.64 bits per heavy atom. The molecule has 8 N–H and O–H groups in total. The molecule has 0 spiro atoms. The van der Waals surface area contributed by atoms with E-state index in [9.17, 15) is 39.3 Å². The van der Waals surface area contributed by atoms with Gasteiger partial charge in [0.25, 0.3) is 0 Å². The number of nitrogens with one attached hydrogen (secondary N) is 3. The summed E-state index contributed by atoms with van der Waals surface area (Å²) in [5, 5.41) is 37.2. The molecule has 1 saturated heterocycles. The molecule has 1 fully saturated rings. The van der Waals surface area contributed by atoms with Crippen LogP contribution in [0.15, 0.2) is 0 Å². The van der Waals surface area contributed by atoms with Crippen LogP contribution in [0.5, 0.6) is 0 Å². The highest BCUT2D eigenvalue weighted by Gasteiger charge is 2.47. The summed E-state index contributed by atoms with van der Waals surface area (Å²) in [5.41, 5.74) is 5.32. The van der Waals surface area contributed by atoms with Crippen LogP contribution in [0.1, 0.15) is 47.5 Å². The minimum atomic E-state index is -1.63. The maximum absolute atomic E-state index is 12.6. The Morgan fingerprint density at radius 1 is 1.03 bits per heavy atom. The largest absolute Gasteiger partial charge is 0.394 e. The molecule has 0 saturated carbocycles. The molecule has 36 heavy (non-hydrogen) atoms. The molecular weight excluding hydrogens is 480 g/mol. The Hall–Kier alpha value is -2.65. The van der Waals surface area contributed by atoms with E-state index in [1.165, 1.54) is 20.8 Å². The summed E-state index contributed by atoms with van der Waals surface area (Å²) in [6.07, 6.45) is -6.93. The van der Waals surface area contributed by atoms with E-state index in [4.69, 9.17) is 15.2 Å².